The zero-order chi connectivity index (χ0) is 25.6. The minimum atomic E-state index is -0.812. The zero-order valence-corrected chi connectivity index (χ0v) is 20.6. The first-order chi connectivity index (χ1) is 17.3. The second-order valence-electron chi connectivity index (χ2n) is 9.05. The highest BCUT2D eigenvalue weighted by Crippen LogP contribution is 2.44. The van der Waals surface area contributed by atoms with E-state index >= 15 is 0 Å². The summed E-state index contributed by atoms with van der Waals surface area (Å²) < 4.78 is 5.29. The Kier molecular flexibility index (Phi) is 5.76. The van der Waals surface area contributed by atoms with Crippen molar-refractivity contribution in [3.63, 3.8) is 0 Å². The Morgan fingerprint density at radius 1 is 1.03 bits per heavy atom. The number of hydrogen-bond donors (Lipinski definition) is 2. The Balaban J connectivity index is 1.75. The molecule has 182 valence electrons. The summed E-state index contributed by atoms with van der Waals surface area (Å²) in [5.74, 6) is -0.986. The Morgan fingerprint density at radius 3 is 2.42 bits per heavy atom. The molecule has 0 saturated carbocycles. The van der Waals surface area contributed by atoms with Crippen LogP contribution in [0.3, 0.4) is 0 Å². The number of H-pyrrole nitrogens is 1. The second-order valence-corrected chi connectivity index (χ2v) is 9.05. The maximum absolute atomic E-state index is 13.5. The first-order valence-electron chi connectivity index (χ1n) is 11.6. The van der Waals surface area contributed by atoms with Gasteiger partial charge in [-0.2, -0.15) is 0 Å². The monoisotopic (exact) mass is 481 g/mol. The number of rotatable bonds is 5. The van der Waals surface area contributed by atoms with Gasteiger partial charge in [0.2, 0.25) is 0 Å². The van der Waals surface area contributed by atoms with Crippen LogP contribution in [0.25, 0.3) is 16.7 Å². The van der Waals surface area contributed by atoms with Gasteiger partial charge < -0.3 is 19.7 Å². The molecule has 1 aromatic heterocycles. The van der Waals surface area contributed by atoms with E-state index < -0.39 is 17.7 Å². The molecule has 4 aromatic rings. The number of aliphatic hydroxyl groups excluding tert-OH is 1. The van der Waals surface area contributed by atoms with Crippen LogP contribution in [0, 0.1) is 6.92 Å². The number of hydrogen-bond acceptors (Lipinski definition) is 5. The van der Waals surface area contributed by atoms with Crippen LogP contribution in [0.15, 0.2) is 78.5 Å². The minimum absolute atomic E-state index is 0.0507. The Bertz CT molecular complexity index is 1520. The number of fused-ring (bicyclic) bond motifs is 1. The van der Waals surface area contributed by atoms with E-state index in [2.05, 4.69) is 4.98 Å². The third kappa shape index (κ3) is 3.69. The van der Waals surface area contributed by atoms with E-state index in [0.29, 0.717) is 17.0 Å². The predicted octanol–water partition coefficient (Wildman–Crippen LogP) is 5.18. The first kappa shape index (κ1) is 23.2. The van der Waals surface area contributed by atoms with Gasteiger partial charge in [0, 0.05) is 53.7 Å². The van der Waals surface area contributed by atoms with Crippen molar-refractivity contribution in [2.75, 3.05) is 31.0 Å². The van der Waals surface area contributed by atoms with Crippen LogP contribution in [-0.4, -0.2) is 43.0 Å². The fraction of sp³-hybridized carbons (Fsp3) is 0.172. The fourth-order valence-electron chi connectivity index (χ4n) is 4.80. The Morgan fingerprint density at radius 2 is 1.75 bits per heavy atom. The van der Waals surface area contributed by atoms with E-state index in [1.807, 2.05) is 74.4 Å². The van der Waals surface area contributed by atoms with E-state index in [9.17, 15) is 14.7 Å². The van der Waals surface area contributed by atoms with Crippen molar-refractivity contribution < 1.29 is 19.4 Å². The molecule has 1 atom stereocenters. The average Bonchev–Trinajstić information content (AvgIpc) is 3.42. The molecular weight excluding hydrogens is 454 g/mol. The minimum Gasteiger partial charge on any atom is -0.507 e. The van der Waals surface area contributed by atoms with Crippen molar-refractivity contribution in [1.29, 1.82) is 0 Å². The Labute approximate surface area is 209 Å². The topological polar surface area (TPSA) is 85.9 Å². The number of methoxy groups -OCH3 is 1. The van der Waals surface area contributed by atoms with E-state index in [1.54, 1.807) is 31.5 Å². The van der Waals surface area contributed by atoms with Crippen molar-refractivity contribution in [3.05, 3.63) is 95.2 Å². The van der Waals surface area contributed by atoms with Gasteiger partial charge in [-0.3, -0.25) is 14.5 Å². The highest BCUT2D eigenvalue weighted by atomic mass is 16.5. The number of carbonyl (C=O) groups excluding carboxylic acids is 2. The van der Waals surface area contributed by atoms with Crippen LogP contribution >= 0.6 is 0 Å². The average molecular weight is 482 g/mol. The van der Waals surface area contributed by atoms with Crippen LogP contribution in [0.4, 0.5) is 11.4 Å². The third-order valence-corrected chi connectivity index (χ3v) is 6.69. The second kappa shape index (κ2) is 8.92. The number of amides is 1. The van der Waals surface area contributed by atoms with E-state index in [0.717, 1.165) is 27.7 Å². The lowest BCUT2D eigenvalue weighted by Crippen LogP contribution is -2.29. The molecule has 3 aromatic carbocycles. The summed E-state index contributed by atoms with van der Waals surface area (Å²) in [6, 6.07) is 19.5. The maximum atomic E-state index is 13.5. The maximum Gasteiger partial charge on any atom is 0.300 e. The molecule has 0 spiro atoms. The molecular formula is C29H27N3O4. The van der Waals surface area contributed by atoms with Gasteiger partial charge in [-0.15, -0.1) is 0 Å². The molecule has 0 bridgehead atoms. The number of ether oxygens (including phenoxy) is 1. The van der Waals surface area contributed by atoms with Crippen LogP contribution in [0.1, 0.15) is 22.7 Å². The number of aromatic amines is 1. The number of aromatic nitrogens is 1. The molecule has 0 radical (unpaired) electrons. The van der Waals surface area contributed by atoms with Gasteiger partial charge in [0.25, 0.3) is 11.7 Å². The molecule has 1 fully saturated rings. The number of anilines is 2. The highest BCUT2D eigenvalue weighted by Gasteiger charge is 2.47. The van der Waals surface area contributed by atoms with Gasteiger partial charge in [-0.25, -0.2) is 0 Å². The summed E-state index contributed by atoms with van der Waals surface area (Å²) in [5, 5.41) is 12.4. The van der Waals surface area contributed by atoms with Crippen molar-refractivity contribution >= 4 is 39.7 Å². The first-order valence-corrected chi connectivity index (χ1v) is 11.6. The normalized spacial score (nSPS) is 17.1. The van der Waals surface area contributed by atoms with Gasteiger partial charge in [0.1, 0.15) is 11.5 Å². The van der Waals surface area contributed by atoms with Gasteiger partial charge in [-0.05, 0) is 61.0 Å². The molecule has 1 saturated heterocycles. The molecule has 5 rings (SSSR count). The van der Waals surface area contributed by atoms with Crippen molar-refractivity contribution in [3.8, 4) is 5.75 Å². The van der Waals surface area contributed by atoms with E-state index in [4.69, 9.17) is 4.74 Å². The van der Waals surface area contributed by atoms with Crippen LogP contribution < -0.4 is 14.5 Å². The van der Waals surface area contributed by atoms with Crippen LogP contribution in [0.5, 0.6) is 5.75 Å². The van der Waals surface area contributed by atoms with Gasteiger partial charge in [-0.1, -0.05) is 18.2 Å². The number of benzene rings is 3. The fourth-order valence-corrected chi connectivity index (χ4v) is 4.80. The van der Waals surface area contributed by atoms with Gasteiger partial charge in [0.05, 0.1) is 18.7 Å². The molecule has 1 aliphatic heterocycles. The number of ketones is 1. The smallest absolute Gasteiger partial charge is 0.300 e. The molecule has 2 N–H and O–H groups in total. The molecule has 2 heterocycles. The third-order valence-electron chi connectivity index (χ3n) is 6.69. The van der Waals surface area contributed by atoms with Gasteiger partial charge in [0.15, 0.2) is 0 Å². The van der Waals surface area contributed by atoms with Crippen molar-refractivity contribution in [2.45, 2.75) is 13.0 Å². The van der Waals surface area contributed by atoms with Crippen molar-refractivity contribution in [2.24, 2.45) is 0 Å². The van der Waals surface area contributed by atoms with Gasteiger partial charge >= 0.3 is 0 Å². The summed E-state index contributed by atoms with van der Waals surface area (Å²) in [6.07, 6.45) is 1.80. The number of aliphatic hydroxyl groups is 1. The standard InChI is InChI=1S/C29H27N3O4/c1-17-15-20(36-4)13-14-21(17)27(33)25-26(23-16-30-24-8-6-5-7-22(23)24)32(29(35)28(25)34)19-11-9-18(10-12-19)31(2)3/h5-16,26,30,33H,1-4H3/b27-25+. The highest BCUT2D eigenvalue weighted by molar-refractivity contribution is 6.52. The van der Waals surface area contributed by atoms with Crippen LogP contribution in [0.2, 0.25) is 0 Å². The zero-order valence-electron chi connectivity index (χ0n) is 20.6. The molecule has 1 amide bonds. The number of nitrogens with one attached hydrogen (secondary N) is 1. The number of nitrogens with zero attached hydrogens (tertiary/aromatic N) is 2. The summed E-state index contributed by atoms with van der Waals surface area (Å²) in [4.78, 5) is 33.7. The molecule has 36 heavy (non-hydrogen) atoms. The summed E-state index contributed by atoms with van der Waals surface area (Å²) in [5.41, 5.74) is 4.40. The molecule has 1 aliphatic rings. The predicted molar refractivity (Wildman–Crippen MR) is 142 cm³/mol. The number of carbonyl (C=O) groups is 2. The summed E-state index contributed by atoms with van der Waals surface area (Å²) in [7, 11) is 5.44. The lowest BCUT2D eigenvalue weighted by atomic mass is 9.93. The Hall–Kier alpha value is -4.52. The van der Waals surface area contributed by atoms with E-state index in [1.165, 1.54) is 4.90 Å². The van der Waals surface area contributed by atoms with Crippen LogP contribution in [-0.2, 0) is 9.59 Å². The lowest BCUT2D eigenvalue weighted by molar-refractivity contribution is -0.132. The number of aryl methyl sites for hydroxylation is 1. The SMILES string of the molecule is COc1ccc(/C(O)=C2\C(=O)C(=O)N(c3ccc(N(C)C)cc3)C2c2c[nH]c3ccccc23)c(C)c1. The summed E-state index contributed by atoms with van der Waals surface area (Å²) in [6.45, 7) is 1.83. The number of para-hydroxylation sites is 1. The molecule has 0 aliphatic carbocycles. The number of Topliss-reactive ketones (excluding diaryl/α,β-unsaturated/α-hetero) is 1. The largest absolute Gasteiger partial charge is 0.507 e. The lowest BCUT2D eigenvalue weighted by Gasteiger charge is -2.25. The van der Waals surface area contributed by atoms with Crippen molar-refractivity contribution in [1.82, 2.24) is 4.98 Å². The van der Waals surface area contributed by atoms with E-state index in [-0.39, 0.29) is 11.3 Å². The molecule has 7 nitrogen and oxygen atoms in total. The summed E-state index contributed by atoms with van der Waals surface area (Å²) >= 11 is 0. The molecule has 1 unspecified atom stereocenters. The quantitative estimate of drug-likeness (QED) is 0.233. The molecule has 7 heteroatoms.